The van der Waals surface area contributed by atoms with Gasteiger partial charge < -0.3 is 10.6 Å². The predicted molar refractivity (Wildman–Crippen MR) is 102 cm³/mol. The normalized spacial score (nSPS) is 9.89. The van der Waals surface area contributed by atoms with Crippen LogP contribution in [0.15, 0.2) is 72.8 Å². The number of anilines is 3. The molecule has 3 rings (SSSR count). The molecule has 7 heteroatoms. The number of nitriles is 1. The van der Waals surface area contributed by atoms with Gasteiger partial charge in [0.1, 0.15) is 5.69 Å². The molecule has 0 spiro atoms. The minimum Gasteiger partial charge on any atom is -0.350 e. The number of hydrogen-bond acceptors (Lipinski definition) is 5. The fourth-order valence-corrected chi connectivity index (χ4v) is 2.44. The minimum absolute atomic E-state index is 0.157. The van der Waals surface area contributed by atoms with Crippen LogP contribution in [-0.4, -0.2) is 10.8 Å². The number of rotatable bonds is 5. The van der Waals surface area contributed by atoms with Gasteiger partial charge in [-0.25, -0.2) is 0 Å². The second-order valence-corrected chi connectivity index (χ2v) is 5.62. The first-order valence-corrected chi connectivity index (χ1v) is 7.99. The molecule has 0 radical (unpaired) electrons. The van der Waals surface area contributed by atoms with E-state index in [1.165, 1.54) is 18.2 Å². The lowest BCUT2D eigenvalue weighted by Crippen LogP contribution is -2.12. The smallest absolute Gasteiger partial charge is 0.293 e. The molecule has 0 heterocycles. The molecule has 0 aliphatic carbocycles. The van der Waals surface area contributed by atoms with Crippen LogP contribution in [0.2, 0.25) is 0 Å². The van der Waals surface area contributed by atoms with Gasteiger partial charge in [0, 0.05) is 23.0 Å². The molecule has 0 atom stereocenters. The highest BCUT2D eigenvalue weighted by atomic mass is 16.6. The molecular weight excluding hydrogens is 344 g/mol. The van der Waals surface area contributed by atoms with Crippen LogP contribution in [0.4, 0.5) is 22.7 Å². The van der Waals surface area contributed by atoms with Crippen LogP contribution in [0.25, 0.3) is 0 Å². The minimum atomic E-state index is -0.538. The fourth-order valence-electron chi connectivity index (χ4n) is 2.44. The Hall–Kier alpha value is -4.18. The highest BCUT2D eigenvalue weighted by molar-refractivity contribution is 6.05. The van der Waals surface area contributed by atoms with Gasteiger partial charge in [0.2, 0.25) is 0 Å². The second-order valence-electron chi connectivity index (χ2n) is 5.62. The van der Waals surface area contributed by atoms with Crippen LogP contribution in [0.3, 0.4) is 0 Å². The van der Waals surface area contributed by atoms with E-state index in [1.807, 2.05) is 24.3 Å². The van der Waals surface area contributed by atoms with Gasteiger partial charge in [0.05, 0.1) is 16.6 Å². The molecule has 0 aromatic heterocycles. The number of amides is 1. The molecule has 0 fully saturated rings. The number of hydrogen-bond donors (Lipinski definition) is 2. The van der Waals surface area contributed by atoms with E-state index >= 15 is 0 Å². The topological polar surface area (TPSA) is 108 Å². The number of nitro benzene ring substituents is 1. The Kier molecular flexibility index (Phi) is 5.10. The van der Waals surface area contributed by atoms with E-state index in [2.05, 4.69) is 10.6 Å². The first kappa shape index (κ1) is 17.6. The summed E-state index contributed by atoms with van der Waals surface area (Å²) >= 11 is 0. The molecule has 7 nitrogen and oxygen atoms in total. The molecule has 3 aromatic rings. The number of carbonyl (C=O) groups excluding carboxylic acids is 1. The molecule has 0 bridgehead atoms. The lowest BCUT2D eigenvalue weighted by atomic mass is 10.1. The van der Waals surface area contributed by atoms with Crippen molar-refractivity contribution in [3.63, 3.8) is 0 Å². The zero-order chi connectivity index (χ0) is 19.2. The second kappa shape index (κ2) is 7.80. The molecule has 0 unspecified atom stereocenters. The fraction of sp³-hybridized carbons (Fsp3) is 0. The lowest BCUT2D eigenvalue weighted by Gasteiger charge is -2.09. The maximum absolute atomic E-state index is 12.4. The third-order valence-electron chi connectivity index (χ3n) is 3.78. The summed E-state index contributed by atoms with van der Waals surface area (Å²) in [6.45, 7) is 0. The summed E-state index contributed by atoms with van der Waals surface area (Å²) in [5, 5.41) is 25.8. The zero-order valence-corrected chi connectivity index (χ0v) is 14.0. The maximum atomic E-state index is 12.4. The number of para-hydroxylation sites is 1. The van der Waals surface area contributed by atoms with Gasteiger partial charge in [-0.3, -0.25) is 14.9 Å². The van der Waals surface area contributed by atoms with E-state index in [0.717, 1.165) is 0 Å². The number of nitrogens with zero attached hydrogens (tertiary/aromatic N) is 2. The van der Waals surface area contributed by atoms with Crippen molar-refractivity contribution in [2.45, 2.75) is 0 Å². The number of benzene rings is 3. The van der Waals surface area contributed by atoms with E-state index in [9.17, 15) is 14.9 Å². The predicted octanol–water partition coefficient (Wildman–Crippen LogP) is 4.46. The Morgan fingerprint density at radius 1 is 0.963 bits per heavy atom. The SMILES string of the molecule is N#Cc1ccc(NC(=O)c2ccc(Nc3ccccc3)c([N+](=O)[O-])c2)cc1. The Labute approximate surface area is 155 Å². The molecule has 2 N–H and O–H groups in total. The summed E-state index contributed by atoms with van der Waals surface area (Å²) in [5.74, 6) is -0.478. The third-order valence-corrected chi connectivity index (χ3v) is 3.78. The summed E-state index contributed by atoms with van der Waals surface area (Å²) in [4.78, 5) is 23.3. The third kappa shape index (κ3) is 4.27. The van der Waals surface area contributed by atoms with Gasteiger partial charge in [0.25, 0.3) is 11.6 Å². The van der Waals surface area contributed by atoms with Gasteiger partial charge in [0.15, 0.2) is 0 Å². The molecule has 3 aromatic carbocycles. The van der Waals surface area contributed by atoms with Crippen molar-refractivity contribution in [3.8, 4) is 6.07 Å². The van der Waals surface area contributed by atoms with Crippen molar-refractivity contribution in [2.24, 2.45) is 0 Å². The molecule has 0 aliphatic rings. The van der Waals surface area contributed by atoms with Crippen molar-refractivity contribution >= 4 is 28.7 Å². The van der Waals surface area contributed by atoms with Crippen molar-refractivity contribution < 1.29 is 9.72 Å². The molecule has 1 amide bonds. The maximum Gasteiger partial charge on any atom is 0.293 e. The summed E-state index contributed by atoms with van der Waals surface area (Å²) < 4.78 is 0. The molecule has 27 heavy (non-hydrogen) atoms. The van der Waals surface area contributed by atoms with Crippen LogP contribution in [0.1, 0.15) is 15.9 Å². The first-order chi connectivity index (χ1) is 13.1. The van der Waals surface area contributed by atoms with Gasteiger partial charge in [-0.05, 0) is 48.5 Å². The standard InChI is InChI=1S/C20H14N4O3/c21-13-14-6-9-17(10-7-14)23-20(25)15-8-11-18(19(12-15)24(26)27)22-16-4-2-1-3-5-16/h1-12,22H,(H,23,25). The van der Waals surface area contributed by atoms with Gasteiger partial charge in [-0.2, -0.15) is 5.26 Å². The van der Waals surface area contributed by atoms with E-state index in [4.69, 9.17) is 5.26 Å². The molecular formula is C20H14N4O3. The monoisotopic (exact) mass is 358 g/mol. The first-order valence-electron chi connectivity index (χ1n) is 7.99. The van der Waals surface area contributed by atoms with Crippen LogP contribution in [-0.2, 0) is 0 Å². The van der Waals surface area contributed by atoms with Crippen molar-refractivity contribution in [1.82, 2.24) is 0 Å². The average Bonchev–Trinajstić information content (AvgIpc) is 2.69. The molecule has 0 saturated carbocycles. The summed E-state index contributed by atoms with van der Waals surface area (Å²) in [6.07, 6.45) is 0. The largest absolute Gasteiger partial charge is 0.350 e. The highest BCUT2D eigenvalue weighted by Crippen LogP contribution is 2.29. The lowest BCUT2D eigenvalue weighted by molar-refractivity contribution is -0.383. The molecule has 0 aliphatic heterocycles. The van der Waals surface area contributed by atoms with Gasteiger partial charge in [-0.15, -0.1) is 0 Å². The zero-order valence-electron chi connectivity index (χ0n) is 14.0. The number of nitrogens with one attached hydrogen (secondary N) is 2. The Morgan fingerprint density at radius 2 is 1.67 bits per heavy atom. The van der Waals surface area contributed by atoms with Gasteiger partial charge in [-0.1, -0.05) is 18.2 Å². The molecule has 132 valence electrons. The van der Waals surface area contributed by atoms with Crippen molar-refractivity contribution in [1.29, 1.82) is 5.26 Å². The molecule has 0 saturated heterocycles. The van der Waals surface area contributed by atoms with Crippen molar-refractivity contribution in [3.05, 3.63) is 94.0 Å². The summed E-state index contributed by atoms with van der Waals surface area (Å²) in [7, 11) is 0. The summed E-state index contributed by atoms with van der Waals surface area (Å²) in [5.41, 5.74) is 1.92. The van der Waals surface area contributed by atoms with E-state index in [0.29, 0.717) is 22.6 Å². The Bertz CT molecular complexity index is 1030. The Morgan fingerprint density at radius 3 is 2.30 bits per heavy atom. The Balaban J connectivity index is 1.83. The average molecular weight is 358 g/mol. The van der Waals surface area contributed by atoms with Crippen LogP contribution < -0.4 is 10.6 Å². The van der Waals surface area contributed by atoms with Crippen LogP contribution in [0, 0.1) is 21.4 Å². The number of nitro groups is 1. The van der Waals surface area contributed by atoms with E-state index < -0.39 is 10.8 Å². The van der Waals surface area contributed by atoms with Crippen LogP contribution in [0.5, 0.6) is 0 Å². The summed E-state index contributed by atoms with van der Waals surface area (Å²) in [6, 6.07) is 21.6. The van der Waals surface area contributed by atoms with E-state index in [-0.39, 0.29) is 11.3 Å². The van der Waals surface area contributed by atoms with Crippen LogP contribution >= 0.6 is 0 Å². The number of carbonyl (C=O) groups is 1. The van der Waals surface area contributed by atoms with Gasteiger partial charge >= 0.3 is 0 Å². The highest BCUT2D eigenvalue weighted by Gasteiger charge is 2.18. The quantitative estimate of drug-likeness (QED) is 0.517. The van der Waals surface area contributed by atoms with E-state index in [1.54, 1.807) is 36.4 Å². The van der Waals surface area contributed by atoms with Crippen molar-refractivity contribution in [2.75, 3.05) is 10.6 Å².